The Morgan fingerprint density at radius 3 is 2.26 bits per heavy atom. The van der Waals surface area contributed by atoms with Gasteiger partial charge in [-0.15, -0.1) is 11.6 Å². The number of hydrogen-bond donors (Lipinski definition) is 0. The number of furan rings is 1. The van der Waals surface area contributed by atoms with E-state index in [4.69, 9.17) is 16.0 Å². The third kappa shape index (κ3) is 3.74. The number of nitrogens with zero attached hydrogens (tertiary/aromatic N) is 1. The van der Waals surface area contributed by atoms with Crippen molar-refractivity contribution in [2.75, 3.05) is 6.54 Å². The zero-order valence-electron chi connectivity index (χ0n) is 12.1. The molecule has 0 saturated carbocycles. The van der Waals surface area contributed by atoms with Crippen LogP contribution < -0.4 is 0 Å². The molecule has 0 aliphatic carbocycles. The van der Waals surface area contributed by atoms with E-state index >= 15 is 0 Å². The van der Waals surface area contributed by atoms with Crippen LogP contribution in [0.2, 0.25) is 0 Å². The van der Waals surface area contributed by atoms with Crippen LogP contribution in [0.4, 0.5) is 0 Å². The van der Waals surface area contributed by atoms with Gasteiger partial charge in [-0.1, -0.05) is 13.8 Å². The van der Waals surface area contributed by atoms with E-state index in [0.29, 0.717) is 18.1 Å². The van der Waals surface area contributed by atoms with Crippen LogP contribution in [0.25, 0.3) is 0 Å². The van der Waals surface area contributed by atoms with Crippen LogP contribution in [0.1, 0.15) is 39.2 Å². The molecule has 0 amide bonds. The summed E-state index contributed by atoms with van der Waals surface area (Å²) < 4.78 is 32.2. The summed E-state index contributed by atoms with van der Waals surface area (Å²) >= 11 is 5.69. The Balaban J connectivity index is 3.22. The molecule has 0 bridgehead atoms. The second-order valence-corrected chi connectivity index (χ2v) is 7.46. The summed E-state index contributed by atoms with van der Waals surface area (Å²) in [7, 11) is -3.53. The van der Waals surface area contributed by atoms with Gasteiger partial charge < -0.3 is 4.42 Å². The molecule has 0 fully saturated rings. The van der Waals surface area contributed by atoms with Crippen LogP contribution in [-0.4, -0.2) is 25.3 Å². The molecule has 0 atom stereocenters. The van der Waals surface area contributed by atoms with Crippen LogP contribution >= 0.6 is 11.6 Å². The fourth-order valence-electron chi connectivity index (χ4n) is 1.92. The number of hydrogen-bond acceptors (Lipinski definition) is 3. The fourth-order valence-corrected chi connectivity index (χ4v) is 4.04. The molecule has 1 aromatic heterocycles. The monoisotopic (exact) mass is 307 g/mol. The lowest BCUT2D eigenvalue weighted by Crippen LogP contribution is -2.39. The first-order valence-corrected chi connectivity index (χ1v) is 8.34. The SMILES string of the molecule is Cc1oc(CCl)cc1S(=O)(=O)N(CC(C)C)C(C)C. The number of aryl methyl sites for hydroxylation is 1. The Hall–Kier alpha value is -0.520. The van der Waals surface area contributed by atoms with Crippen LogP contribution in [-0.2, 0) is 15.9 Å². The van der Waals surface area contributed by atoms with E-state index in [1.807, 2.05) is 27.7 Å². The molecule has 6 heteroatoms. The molecule has 0 aliphatic heterocycles. The van der Waals surface area contributed by atoms with Crippen molar-refractivity contribution in [2.24, 2.45) is 5.92 Å². The lowest BCUT2D eigenvalue weighted by Gasteiger charge is -2.27. The highest BCUT2D eigenvalue weighted by Crippen LogP contribution is 2.26. The molecule has 110 valence electrons. The Morgan fingerprint density at radius 1 is 1.32 bits per heavy atom. The Labute approximate surface area is 120 Å². The van der Waals surface area contributed by atoms with Gasteiger partial charge in [0.05, 0.1) is 5.88 Å². The van der Waals surface area contributed by atoms with E-state index in [2.05, 4.69) is 0 Å². The van der Waals surface area contributed by atoms with Gasteiger partial charge in [0.25, 0.3) is 0 Å². The number of halogens is 1. The average molecular weight is 308 g/mol. The predicted octanol–water partition coefficient (Wildman–Crippen LogP) is 3.38. The standard InChI is InChI=1S/C13H22ClNO3S/c1-9(2)8-15(10(3)4)19(16,17)13-6-12(7-14)18-11(13)5/h6,9-10H,7-8H2,1-5H3. The maximum atomic E-state index is 12.7. The quantitative estimate of drug-likeness (QED) is 0.757. The van der Waals surface area contributed by atoms with Crippen molar-refractivity contribution in [1.29, 1.82) is 0 Å². The zero-order valence-corrected chi connectivity index (χ0v) is 13.7. The topological polar surface area (TPSA) is 50.5 Å². The predicted molar refractivity (Wildman–Crippen MR) is 76.9 cm³/mol. The van der Waals surface area contributed by atoms with Gasteiger partial charge in [0, 0.05) is 18.7 Å². The van der Waals surface area contributed by atoms with Crippen molar-refractivity contribution in [2.45, 2.75) is 51.4 Å². The van der Waals surface area contributed by atoms with Gasteiger partial charge in [0.1, 0.15) is 16.4 Å². The van der Waals surface area contributed by atoms with E-state index < -0.39 is 10.0 Å². The molecule has 19 heavy (non-hydrogen) atoms. The Morgan fingerprint density at radius 2 is 1.89 bits per heavy atom. The highest BCUT2D eigenvalue weighted by Gasteiger charge is 2.31. The molecule has 0 unspecified atom stereocenters. The fraction of sp³-hybridized carbons (Fsp3) is 0.692. The number of rotatable bonds is 6. The van der Waals surface area contributed by atoms with Gasteiger partial charge in [-0.25, -0.2) is 8.42 Å². The molecule has 0 aromatic carbocycles. The number of alkyl halides is 1. The van der Waals surface area contributed by atoms with Gasteiger partial charge in [0.2, 0.25) is 10.0 Å². The van der Waals surface area contributed by atoms with Gasteiger partial charge in [-0.05, 0) is 26.7 Å². The molecule has 1 heterocycles. The minimum atomic E-state index is -3.53. The van der Waals surface area contributed by atoms with Crippen molar-refractivity contribution in [3.8, 4) is 0 Å². The molecule has 0 saturated heterocycles. The summed E-state index contributed by atoms with van der Waals surface area (Å²) in [5, 5.41) is 0. The molecular weight excluding hydrogens is 286 g/mol. The smallest absolute Gasteiger partial charge is 0.246 e. The van der Waals surface area contributed by atoms with E-state index in [1.165, 1.54) is 10.4 Å². The van der Waals surface area contributed by atoms with Crippen LogP contribution in [0, 0.1) is 12.8 Å². The summed E-state index contributed by atoms with van der Waals surface area (Å²) in [6, 6.07) is 1.43. The molecular formula is C13H22ClNO3S. The van der Waals surface area contributed by atoms with Crippen molar-refractivity contribution in [3.05, 3.63) is 17.6 Å². The average Bonchev–Trinajstić information content (AvgIpc) is 2.67. The summed E-state index contributed by atoms with van der Waals surface area (Å²) in [6.45, 7) is 9.88. The molecule has 1 aromatic rings. The first-order valence-electron chi connectivity index (χ1n) is 6.37. The zero-order chi connectivity index (χ0) is 14.8. The number of sulfonamides is 1. The summed E-state index contributed by atoms with van der Waals surface area (Å²) in [5.74, 6) is 1.30. The van der Waals surface area contributed by atoms with Crippen LogP contribution in [0.5, 0.6) is 0 Å². The van der Waals surface area contributed by atoms with Crippen molar-refractivity contribution >= 4 is 21.6 Å². The maximum absolute atomic E-state index is 12.7. The Bertz CT molecular complexity index is 520. The first kappa shape index (κ1) is 16.5. The molecule has 0 radical (unpaired) electrons. The van der Waals surface area contributed by atoms with E-state index in [-0.39, 0.29) is 22.7 Å². The van der Waals surface area contributed by atoms with E-state index in [1.54, 1.807) is 6.92 Å². The highest BCUT2D eigenvalue weighted by molar-refractivity contribution is 7.89. The first-order chi connectivity index (χ1) is 8.70. The molecule has 1 rings (SSSR count). The molecule has 0 spiro atoms. The van der Waals surface area contributed by atoms with Gasteiger partial charge in [-0.3, -0.25) is 0 Å². The Kier molecular flexibility index (Phi) is 5.47. The highest BCUT2D eigenvalue weighted by atomic mass is 35.5. The van der Waals surface area contributed by atoms with Crippen LogP contribution in [0.3, 0.4) is 0 Å². The minimum Gasteiger partial charge on any atom is -0.464 e. The maximum Gasteiger partial charge on any atom is 0.246 e. The van der Waals surface area contributed by atoms with Crippen LogP contribution in [0.15, 0.2) is 15.4 Å². The second-order valence-electron chi connectivity index (χ2n) is 5.33. The lowest BCUT2D eigenvalue weighted by molar-refractivity contribution is 0.318. The van der Waals surface area contributed by atoms with Gasteiger partial charge >= 0.3 is 0 Å². The van der Waals surface area contributed by atoms with Crippen molar-refractivity contribution in [1.82, 2.24) is 4.31 Å². The van der Waals surface area contributed by atoms with Crippen molar-refractivity contribution in [3.63, 3.8) is 0 Å². The minimum absolute atomic E-state index is 0.0962. The normalized spacial score (nSPS) is 12.9. The van der Waals surface area contributed by atoms with Gasteiger partial charge in [0.15, 0.2) is 0 Å². The summed E-state index contributed by atoms with van der Waals surface area (Å²) in [5.41, 5.74) is 0. The van der Waals surface area contributed by atoms with E-state index in [9.17, 15) is 8.42 Å². The molecule has 0 aliphatic rings. The summed E-state index contributed by atoms with van der Waals surface area (Å²) in [4.78, 5) is 0.220. The van der Waals surface area contributed by atoms with E-state index in [0.717, 1.165) is 0 Å². The largest absolute Gasteiger partial charge is 0.464 e. The van der Waals surface area contributed by atoms with Gasteiger partial charge in [-0.2, -0.15) is 4.31 Å². The molecule has 0 N–H and O–H groups in total. The third-order valence-electron chi connectivity index (χ3n) is 2.76. The molecule has 4 nitrogen and oxygen atoms in total. The second kappa shape index (κ2) is 6.29. The third-order valence-corrected chi connectivity index (χ3v) is 5.18. The lowest BCUT2D eigenvalue weighted by atomic mass is 10.2. The van der Waals surface area contributed by atoms with Crippen molar-refractivity contribution < 1.29 is 12.8 Å². The summed E-state index contributed by atoms with van der Waals surface area (Å²) in [6.07, 6.45) is 0.